The molecular formula is C41H62N2O7. The van der Waals surface area contributed by atoms with Crippen LogP contribution in [0.4, 0.5) is 0 Å². The van der Waals surface area contributed by atoms with Crippen molar-refractivity contribution >= 4 is 5.91 Å². The predicted molar refractivity (Wildman–Crippen MR) is 188 cm³/mol. The molecule has 278 valence electrons. The van der Waals surface area contributed by atoms with Crippen molar-refractivity contribution in [1.29, 1.82) is 0 Å². The number of fused-ring (bicyclic) bond motifs is 4. The van der Waals surface area contributed by atoms with Crippen LogP contribution in [0.25, 0.3) is 0 Å². The fourth-order valence-electron chi connectivity index (χ4n) is 14.1. The number of aromatic nitrogens is 1. The summed E-state index contributed by atoms with van der Waals surface area (Å²) in [5.41, 5.74) is -0.222. The van der Waals surface area contributed by atoms with Crippen molar-refractivity contribution in [2.24, 2.45) is 50.7 Å². The van der Waals surface area contributed by atoms with Gasteiger partial charge in [0.25, 0.3) is 0 Å². The largest absolute Gasteiger partial charge is 0.390 e. The lowest BCUT2D eigenvalue weighted by Crippen LogP contribution is -2.60. The Morgan fingerprint density at radius 2 is 1.86 bits per heavy atom. The number of rotatable bonds is 6. The van der Waals surface area contributed by atoms with Crippen LogP contribution >= 0.6 is 0 Å². The minimum Gasteiger partial charge on any atom is -0.390 e. The lowest BCUT2D eigenvalue weighted by molar-refractivity contribution is -0.248. The maximum absolute atomic E-state index is 13.2. The summed E-state index contributed by atoms with van der Waals surface area (Å²) in [7, 11) is 0. The van der Waals surface area contributed by atoms with Gasteiger partial charge in [-0.25, -0.2) is 0 Å². The molecule has 9 heteroatoms. The zero-order valence-corrected chi connectivity index (χ0v) is 31.4. The predicted octanol–water partition coefficient (Wildman–Crippen LogP) is 5.14. The van der Waals surface area contributed by atoms with E-state index in [1.165, 1.54) is 12.8 Å². The highest BCUT2D eigenvalue weighted by Gasteiger charge is 2.84. The highest BCUT2D eigenvalue weighted by molar-refractivity contribution is 5.78. The molecule has 1 aromatic rings. The summed E-state index contributed by atoms with van der Waals surface area (Å²) in [4.78, 5) is 19.2. The highest BCUT2D eigenvalue weighted by atomic mass is 16.7. The standard InChI is InChI=1S/C41H62N2O7/c1-24-19-26(34(45)37(4,5)47)49-33-32(24)38(6)14-15-41-23-40(41)13-12-29(36(2,3)27(40)10-11-28(41)39(38,7)35(33)46)50-31-22-43(17-18-48-31)30(44)20-25-9-8-16-42-21-25/h8-9,16,21,24,26-29,31-35,45-47H,10-15,17-20,22-23H2,1-7H3/t24-,26?,27+,28?,29?,31+,32+,33?,34?,35+,38?,39-,40?,41?/m1/s1. The van der Waals surface area contributed by atoms with Crippen LogP contribution in [-0.4, -0.2) is 93.2 Å². The van der Waals surface area contributed by atoms with Gasteiger partial charge in [-0.15, -0.1) is 0 Å². The molecule has 2 spiro atoms. The van der Waals surface area contributed by atoms with Crippen LogP contribution in [0.15, 0.2) is 24.5 Å². The normalized spacial score (nSPS) is 48.4. The van der Waals surface area contributed by atoms with Crippen molar-refractivity contribution in [2.45, 2.75) is 149 Å². The second-order valence-corrected chi connectivity index (χ2v) is 19.5. The minimum atomic E-state index is -1.26. The Balaban J connectivity index is 0.985. The van der Waals surface area contributed by atoms with Crippen LogP contribution in [0.3, 0.4) is 0 Å². The summed E-state index contributed by atoms with van der Waals surface area (Å²) in [5.74, 6) is 1.56. The van der Waals surface area contributed by atoms with E-state index >= 15 is 0 Å². The summed E-state index contributed by atoms with van der Waals surface area (Å²) < 4.78 is 19.7. The molecule has 50 heavy (non-hydrogen) atoms. The molecule has 8 unspecified atom stereocenters. The number of hydrogen-bond donors (Lipinski definition) is 3. The van der Waals surface area contributed by atoms with E-state index in [0.717, 1.165) is 37.7 Å². The van der Waals surface area contributed by atoms with Gasteiger partial charge in [0.05, 0.1) is 49.6 Å². The van der Waals surface area contributed by atoms with Crippen LogP contribution in [0.1, 0.15) is 105 Å². The van der Waals surface area contributed by atoms with E-state index in [1.807, 2.05) is 17.0 Å². The quantitative estimate of drug-likeness (QED) is 0.375. The second-order valence-electron chi connectivity index (χ2n) is 19.5. The van der Waals surface area contributed by atoms with E-state index in [2.05, 4.69) is 39.6 Å². The Kier molecular flexibility index (Phi) is 8.28. The van der Waals surface area contributed by atoms with Crippen molar-refractivity contribution in [3.05, 3.63) is 30.1 Å². The molecule has 14 atom stereocenters. The number of aliphatic hydroxyl groups is 3. The number of morpholine rings is 1. The number of ether oxygens (including phenoxy) is 3. The molecule has 5 aliphatic carbocycles. The third-order valence-corrected chi connectivity index (χ3v) is 16.6. The topological polar surface area (TPSA) is 122 Å². The highest BCUT2D eigenvalue weighted by Crippen LogP contribution is 2.89. The average molecular weight is 695 g/mol. The van der Waals surface area contributed by atoms with Crippen LogP contribution < -0.4 is 0 Å². The Morgan fingerprint density at radius 1 is 1.12 bits per heavy atom. The smallest absolute Gasteiger partial charge is 0.227 e. The van der Waals surface area contributed by atoms with Crippen LogP contribution in [0, 0.1) is 50.7 Å². The van der Waals surface area contributed by atoms with E-state index in [-0.39, 0.29) is 57.0 Å². The minimum absolute atomic E-state index is 0.0416. The van der Waals surface area contributed by atoms with Crippen molar-refractivity contribution in [3.8, 4) is 0 Å². The monoisotopic (exact) mass is 694 g/mol. The summed E-state index contributed by atoms with van der Waals surface area (Å²) >= 11 is 0. The number of aliphatic hydroxyl groups excluding tert-OH is 2. The zero-order chi connectivity index (χ0) is 35.6. The fourth-order valence-corrected chi connectivity index (χ4v) is 14.1. The van der Waals surface area contributed by atoms with Gasteiger partial charge in [0.2, 0.25) is 5.91 Å². The van der Waals surface area contributed by atoms with Gasteiger partial charge in [-0.05, 0) is 122 Å². The molecule has 0 aromatic carbocycles. The number of carbonyl (C=O) groups is 1. The van der Waals surface area contributed by atoms with Crippen molar-refractivity contribution in [1.82, 2.24) is 9.88 Å². The number of nitrogens with zero attached hydrogens (tertiary/aromatic N) is 2. The van der Waals surface area contributed by atoms with Crippen molar-refractivity contribution in [3.63, 3.8) is 0 Å². The number of carbonyl (C=O) groups excluding carboxylic acids is 1. The first-order chi connectivity index (χ1) is 23.5. The fraction of sp³-hybridized carbons (Fsp3) is 0.854. The van der Waals surface area contributed by atoms with Crippen LogP contribution in [0.5, 0.6) is 0 Å². The Morgan fingerprint density at radius 3 is 2.58 bits per heavy atom. The Bertz CT molecular complexity index is 1470. The number of amides is 1. The van der Waals surface area contributed by atoms with Crippen molar-refractivity contribution in [2.75, 3.05) is 19.7 Å². The lowest BCUT2D eigenvalue weighted by Gasteiger charge is -2.64. The molecule has 7 aliphatic rings. The van der Waals surface area contributed by atoms with Gasteiger partial charge in [-0.2, -0.15) is 0 Å². The molecule has 2 aliphatic heterocycles. The van der Waals surface area contributed by atoms with Gasteiger partial charge in [0, 0.05) is 24.4 Å². The first kappa shape index (κ1) is 35.4. The number of hydrogen-bond acceptors (Lipinski definition) is 8. The summed E-state index contributed by atoms with van der Waals surface area (Å²) in [6.45, 7) is 16.8. The Labute approximate surface area is 298 Å². The van der Waals surface area contributed by atoms with E-state index in [0.29, 0.717) is 44.4 Å². The third kappa shape index (κ3) is 4.85. The van der Waals surface area contributed by atoms with Crippen LogP contribution in [-0.2, 0) is 25.4 Å². The molecule has 9 nitrogen and oxygen atoms in total. The molecule has 3 N–H and O–H groups in total. The van der Waals surface area contributed by atoms with Crippen molar-refractivity contribution < 1.29 is 34.3 Å². The van der Waals surface area contributed by atoms with Gasteiger partial charge in [-0.3, -0.25) is 9.78 Å². The molecule has 0 radical (unpaired) electrons. The van der Waals surface area contributed by atoms with Gasteiger partial charge in [0.1, 0.15) is 6.10 Å². The average Bonchev–Trinajstić information content (AvgIpc) is 3.70. The van der Waals surface area contributed by atoms with E-state index in [4.69, 9.17) is 14.2 Å². The summed E-state index contributed by atoms with van der Waals surface area (Å²) in [6.07, 6.45) is 9.65. The second kappa shape index (κ2) is 11.7. The maximum Gasteiger partial charge on any atom is 0.227 e. The first-order valence-electron chi connectivity index (χ1n) is 19.7. The summed E-state index contributed by atoms with van der Waals surface area (Å²) in [5, 5.41) is 34.2. The molecule has 1 amide bonds. The SMILES string of the molecule is C[C@@H]1CC(C(O)C(C)(C)O)OC2[C@H]1C1(C)CCC34CC35CCC(O[C@H]3CN(C(=O)Cc6cccnc6)CCO3)C(C)(C)[C@@H]5CCC4[C@]1(C)[C@H]2O. The molecule has 3 heterocycles. The summed E-state index contributed by atoms with van der Waals surface area (Å²) in [6, 6.07) is 3.82. The van der Waals surface area contributed by atoms with E-state index in [9.17, 15) is 20.1 Å². The number of pyridine rings is 1. The molecule has 7 fully saturated rings. The third-order valence-electron chi connectivity index (χ3n) is 16.6. The van der Waals surface area contributed by atoms with E-state index in [1.54, 1.807) is 26.2 Å². The Hall–Kier alpha value is -1.62. The lowest BCUT2D eigenvalue weighted by atomic mass is 9.41. The van der Waals surface area contributed by atoms with Gasteiger partial charge in [-0.1, -0.05) is 40.7 Å². The maximum atomic E-state index is 13.2. The first-order valence-corrected chi connectivity index (χ1v) is 19.7. The van der Waals surface area contributed by atoms with Gasteiger partial charge in [0.15, 0.2) is 6.29 Å². The molecule has 5 saturated carbocycles. The molecular weight excluding hydrogens is 632 g/mol. The van der Waals surface area contributed by atoms with Crippen LogP contribution in [0.2, 0.25) is 0 Å². The molecule has 1 aromatic heterocycles. The van der Waals surface area contributed by atoms with Gasteiger partial charge >= 0.3 is 0 Å². The zero-order valence-electron chi connectivity index (χ0n) is 31.4. The molecule has 0 bridgehead atoms. The molecule has 2 saturated heterocycles. The van der Waals surface area contributed by atoms with Gasteiger partial charge < -0.3 is 34.4 Å². The molecule has 8 rings (SSSR count). The van der Waals surface area contributed by atoms with E-state index < -0.39 is 30.2 Å².